The minimum absolute atomic E-state index is 0.229. The standard InChI is InChI=1S/C19H21NO3S/c1-15-8-10-17(11-9-15)24(22,23)19(12-13-19)18(21)20(2)14-16-6-4-3-5-7-16/h3-11H,12-14H2,1-2H3. The molecule has 2 aromatic carbocycles. The van der Waals surface area contributed by atoms with Crippen molar-refractivity contribution in [2.45, 2.75) is 36.0 Å². The molecule has 126 valence electrons. The number of rotatable bonds is 5. The van der Waals surface area contributed by atoms with E-state index in [-0.39, 0.29) is 10.8 Å². The summed E-state index contributed by atoms with van der Waals surface area (Å²) < 4.78 is 24.7. The Hall–Kier alpha value is -2.14. The molecule has 0 heterocycles. The lowest BCUT2D eigenvalue weighted by Gasteiger charge is -2.24. The van der Waals surface area contributed by atoms with Crippen LogP contribution in [0.5, 0.6) is 0 Å². The van der Waals surface area contributed by atoms with Gasteiger partial charge in [0, 0.05) is 13.6 Å². The van der Waals surface area contributed by atoms with E-state index in [1.165, 1.54) is 4.90 Å². The molecule has 1 fully saturated rings. The Balaban J connectivity index is 1.84. The van der Waals surface area contributed by atoms with Crippen LogP contribution >= 0.6 is 0 Å². The summed E-state index contributed by atoms with van der Waals surface area (Å²) in [5.41, 5.74) is 1.98. The zero-order valence-electron chi connectivity index (χ0n) is 13.9. The zero-order chi connectivity index (χ0) is 17.4. The summed E-state index contributed by atoms with van der Waals surface area (Å²) in [7, 11) is -2.01. The van der Waals surface area contributed by atoms with Gasteiger partial charge < -0.3 is 4.90 Å². The largest absolute Gasteiger partial charge is 0.340 e. The molecular weight excluding hydrogens is 322 g/mol. The Morgan fingerprint density at radius 2 is 1.62 bits per heavy atom. The molecule has 0 saturated heterocycles. The number of hydrogen-bond donors (Lipinski definition) is 0. The van der Waals surface area contributed by atoms with E-state index in [9.17, 15) is 13.2 Å². The summed E-state index contributed by atoms with van der Waals surface area (Å²) in [5.74, 6) is -0.313. The molecule has 2 aromatic rings. The van der Waals surface area contributed by atoms with Crippen LogP contribution in [-0.4, -0.2) is 31.0 Å². The molecule has 0 aromatic heterocycles. The van der Waals surface area contributed by atoms with Crippen molar-refractivity contribution in [3.63, 3.8) is 0 Å². The summed E-state index contributed by atoms with van der Waals surface area (Å²) in [6.07, 6.45) is 0.780. The van der Waals surface area contributed by atoms with E-state index < -0.39 is 14.6 Å². The third-order valence-corrected chi connectivity index (χ3v) is 7.05. The van der Waals surface area contributed by atoms with Gasteiger partial charge in [0.05, 0.1) is 4.90 Å². The maximum absolute atomic E-state index is 13.0. The van der Waals surface area contributed by atoms with Crippen LogP contribution in [0, 0.1) is 6.92 Å². The number of amides is 1. The van der Waals surface area contributed by atoms with Gasteiger partial charge >= 0.3 is 0 Å². The maximum Gasteiger partial charge on any atom is 0.244 e. The van der Waals surface area contributed by atoms with E-state index in [1.807, 2.05) is 37.3 Å². The molecule has 1 saturated carbocycles. The molecule has 0 N–H and O–H groups in total. The third kappa shape index (κ3) is 2.84. The molecule has 1 aliphatic rings. The highest BCUT2D eigenvalue weighted by molar-refractivity contribution is 7.94. The molecule has 5 heteroatoms. The van der Waals surface area contributed by atoms with Crippen LogP contribution in [0.1, 0.15) is 24.0 Å². The molecule has 0 atom stereocenters. The molecule has 3 rings (SSSR count). The zero-order valence-corrected chi connectivity index (χ0v) is 14.7. The first kappa shape index (κ1) is 16.7. The molecule has 4 nitrogen and oxygen atoms in total. The topological polar surface area (TPSA) is 54.5 Å². The van der Waals surface area contributed by atoms with Crippen molar-refractivity contribution in [1.29, 1.82) is 0 Å². The number of carbonyl (C=O) groups is 1. The smallest absolute Gasteiger partial charge is 0.244 e. The average molecular weight is 343 g/mol. The Kier molecular flexibility index (Phi) is 4.22. The van der Waals surface area contributed by atoms with Crippen molar-refractivity contribution in [1.82, 2.24) is 4.90 Å². The second-order valence-corrected chi connectivity index (χ2v) is 8.72. The van der Waals surface area contributed by atoms with E-state index in [1.54, 1.807) is 31.3 Å². The first-order valence-corrected chi connectivity index (χ1v) is 9.46. The van der Waals surface area contributed by atoms with Crippen LogP contribution in [0.4, 0.5) is 0 Å². The highest BCUT2D eigenvalue weighted by Crippen LogP contribution is 2.48. The van der Waals surface area contributed by atoms with Gasteiger partial charge in [0.15, 0.2) is 14.6 Å². The van der Waals surface area contributed by atoms with Gasteiger partial charge in [-0.25, -0.2) is 8.42 Å². The number of nitrogens with zero attached hydrogens (tertiary/aromatic N) is 1. The van der Waals surface area contributed by atoms with Gasteiger partial charge in [-0.1, -0.05) is 48.0 Å². The van der Waals surface area contributed by atoms with Gasteiger partial charge in [-0.15, -0.1) is 0 Å². The predicted octanol–water partition coefficient (Wildman–Crippen LogP) is 2.96. The highest BCUT2D eigenvalue weighted by Gasteiger charge is 2.62. The number of sulfone groups is 1. The average Bonchev–Trinajstić information content (AvgIpc) is 3.38. The summed E-state index contributed by atoms with van der Waals surface area (Å²) >= 11 is 0. The van der Waals surface area contributed by atoms with Crippen LogP contribution in [0.25, 0.3) is 0 Å². The molecule has 24 heavy (non-hydrogen) atoms. The molecule has 0 radical (unpaired) electrons. The summed E-state index contributed by atoms with van der Waals surface area (Å²) in [6.45, 7) is 2.31. The van der Waals surface area contributed by atoms with Gasteiger partial charge in [-0.2, -0.15) is 0 Å². The van der Waals surface area contributed by atoms with Crippen LogP contribution in [0.15, 0.2) is 59.5 Å². The van der Waals surface area contributed by atoms with Crippen molar-refractivity contribution >= 4 is 15.7 Å². The molecule has 0 spiro atoms. The third-order valence-electron chi connectivity index (χ3n) is 4.55. The predicted molar refractivity (Wildman–Crippen MR) is 93.2 cm³/mol. The molecule has 1 aliphatic carbocycles. The van der Waals surface area contributed by atoms with E-state index in [0.29, 0.717) is 19.4 Å². The first-order chi connectivity index (χ1) is 11.4. The molecule has 1 amide bonds. The molecular formula is C19H21NO3S. The highest BCUT2D eigenvalue weighted by atomic mass is 32.2. The maximum atomic E-state index is 13.0. The lowest BCUT2D eigenvalue weighted by molar-refractivity contribution is -0.130. The number of hydrogen-bond acceptors (Lipinski definition) is 3. The second kappa shape index (κ2) is 6.06. The van der Waals surface area contributed by atoms with Gasteiger partial charge in [-0.3, -0.25) is 4.79 Å². The second-order valence-electron chi connectivity index (χ2n) is 6.46. The normalized spacial score (nSPS) is 15.8. The molecule has 0 unspecified atom stereocenters. The van der Waals surface area contributed by atoms with E-state index in [4.69, 9.17) is 0 Å². The number of carbonyl (C=O) groups excluding carboxylic acids is 1. The van der Waals surface area contributed by atoms with E-state index in [0.717, 1.165) is 11.1 Å². The Morgan fingerprint density at radius 1 is 1.04 bits per heavy atom. The first-order valence-electron chi connectivity index (χ1n) is 7.98. The van der Waals surface area contributed by atoms with Crippen molar-refractivity contribution in [3.05, 3.63) is 65.7 Å². The number of benzene rings is 2. The van der Waals surface area contributed by atoms with Gasteiger partial charge in [0.1, 0.15) is 0 Å². The van der Waals surface area contributed by atoms with Crippen molar-refractivity contribution in [2.75, 3.05) is 7.05 Å². The van der Waals surface area contributed by atoms with Crippen LogP contribution < -0.4 is 0 Å². The fourth-order valence-corrected chi connectivity index (χ4v) is 4.90. The van der Waals surface area contributed by atoms with Crippen LogP contribution in [0.2, 0.25) is 0 Å². The lowest BCUT2D eigenvalue weighted by Crippen LogP contribution is -2.42. The Labute approximate surface area is 143 Å². The van der Waals surface area contributed by atoms with Crippen molar-refractivity contribution in [2.24, 2.45) is 0 Å². The fraction of sp³-hybridized carbons (Fsp3) is 0.316. The van der Waals surface area contributed by atoms with Crippen molar-refractivity contribution in [3.8, 4) is 0 Å². The lowest BCUT2D eigenvalue weighted by atomic mass is 10.2. The SMILES string of the molecule is Cc1ccc(S(=O)(=O)C2(C(=O)N(C)Cc3ccccc3)CC2)cc1. The summed E-state index contributed by atoms with van der Waals surface area (Å²) in [5, 5.41) is 0. The van der Waals surface area contributed by atoms with Crippen molar-refractivity contribution < 1.29 is 13.2 Å². The fourth-order valence-electron chi connectivity index (χ4n) is 2.93. The minimum Gasteiger partial charge on any atom is -0.340 e. The summed E-state index contributed by atoms with van der Waals surface area (Å²) in [4.78, 5) is 14.6. The minimum atomic E-state index is -3.67. The van der Waals surface area contributed by atoms with Crippen LogP contribution in [0.3, 0.4) is 0 Å². The van der Waals surface area contributed by atoms with E-state index in [2.05, 4.69) is 0 Å². The summed E-state index contributed by atoms with van der Waals surface area (Å²) in [6, 6.07) is 16.3. The monoisotopic (exact) mass is 343 g/mol. The molecule has 0 aliphatic heterocycles. The Morgan fingerprint density at radius 3 is 2.17 bits per heavy atom. The van der Waals surface area contributed by atoms with Gasteiger partial charge in [0.25, 0.3) is 0 Å². The van der Waals surface area contributed by atoms with Crippen LogP contribution in [-0.2, 0) is 21.2 Å². The Bertz CT molecular complexity index is 838. The van der Waals surface area contributed by atoms with E-state index >= 15 is 0 Å². The number of aryl methyl sites for hydroxylation is 1. The van der Waals surface area contributed by atoms with Gasteiger partial charge in [-0.05, 0) is 37.5 Å². The quantitative estimate of drug-likeness (QED) is 0.839. The molecule has 0 bridgehead atoms. The van der Waals surface area contributed by atoms with Gasteiger partial charge in [0.2, 0.25) is 5.91 Å².